The maximum Gasteiger partial charge on any atom is 0.307 e. The number of nitrogens with one attached hydrogen (secondary N) is 2. The number of carbonyl (C=O) groups is 2. The first-order valence-corrected chi connectivity index (χ1v) is 11.3. The summed E-state index contributed by atoms with van der Waals surface area (Å²) in [5, 5.41) is 0.749. The molecular formula is C22H24N2O6S. The molecule has 1 heterocycles. The van der Waals surface area contributed by atoms with Crippen LogP contribution >= 0.6 is 0 Å². The van der Waals surface area contributed by atoms with E-state index in [1.165, 1.54) is 19.1 Å². The lowest BCUT2D eigenvalue weighted by Gasteiger charge is -2.12. The van der Waals surface area contributed by atoms with Crippen molar-refractivity contribution >= 4 is 32.7 Å². The number of carbonyl (C=O) groups excluding carboxylic acids is 2. The molecule has 0 spiro atoms. The van der Waals surface area contributed by atoms with Gasteiger partial charge in [-0.15, -0.1) is 0 Å². The summed E-state index contributed by atoms with van der Waals surface area (Å²) in [6, 6.07) is 13.3. The molecule has 0 aliphatic rings. The molecule has 2 N–H and O–H groups in total. The van der Waals surface area contributed by atoms with Crippen LogP contribution in [-0.4, -0.2) is 44.4 Å². The van der Waals surface area contributed by atoms with Gasteiger partial charge in [0.2, 0.25) is 15.8 Å². The van der Waals surface area contributed by atoms with Crippen LogP contribution in [0, 0.1) is 0 Å². The summed E-state index contributed by atoms with van der Waals surface area (Å²) in [7, 11) is -3.78. The molecule has 0 bridgehead atoms. The van der Waals surface area contributed by atoms with E-state index in [-0.39, 0.29) is 23.6 Å². The smallest absolute Gasteiger partial charge is 0.307 e. The number of sulfonamides is 1. The van der Waals surface area contributed by atoms with Gasteiger partial charge in [0.25, 0.3) is 0 Å². The van der Waals surface area contributed by atoms with Crippen molar-refractivity contribution in [1.29, 1.82) is 0 Å². The Morgan fingerprint density at radius 2 is 1.81 bits per heavy atom. The molecule has 164 valence electrons. The van der Waals surface area contributed by atoms with E-state index in [1.54, 1.807) is 18.3 Å². The van der Waals surface area contributed by atoms with Crippen LogP contribution in [0.25, 0.3) is 10.9 Å². The van der Waals surface area contributed by atoms with E-state index in [9.17, 15) is 18.0 Å². The number of benzene rings is 2. The molecular weight excluding hydrogens is 420 g/mol. The minimum Gasteiger partial charge on any atom is -0.494 e. The highest BCUT2D eigenvalue weighted by molar-refractivity contribution is 7.89. The summed E-state index contributed by atoms with van der Waals surface area (Å²) in [5.74, 6) is -0.435. The van der Waals surface area contributed by atoms with E-state index in [0.29, 0.717) is 17.9 Å². The molecule has 0 amide bonds. The molecule has 0 radical (unpaired) electrons. The van der Waals surface area contributed by atoms with Gasteiger partial charge in [0, 0.05) is 29.2 Å². The number of aromatic nitrogens is 1. The Balaban J connectivity index is 1.51. The zero-order chi connectivity index (χ0) is 22.4. The molecule has 2 aromatic carbocycles. The molecule has 0 aliphatic carbocycles. The molecule has 1 atom stereocenters. The number of para-hydroxylation sites is 1. The van der Waals surface area contributed by atoms with E-state index >= 15 is 0 Å². The van der Waals surface area contributed by atoms with Crippen molar-refractivity contribution in [3.8, 4) is 5.75 Å². The Kier molecular flexibility index (Phi) is 7.09. The standard InChI is InChI=1S/C22H24N2O6S/c1-3-29-16-8-10-17(11-9-16)31(27,28)24-13-12-21(25)30-15(2)22(26)19-14-23-20-7-5-4-6-18(19)20/h4-11,14-15,23-24H,3,12-13H2,1-2H3. The minimum absolute atomic E-state index is 0.0622. The largest absolute Gasteiger partial charge is 0.494 e. The minimum atomic E-state index is -3.78. The van der Waals surface area contributed by atoms with Crippen molar-refractivity contribution in [2.45, 2.75) is 31.3 Å². The second-order valence-electron chi connectivity index (χ2n) is 6.80. The van der Waals surface area contributed by atoms with Gasteiger partial charge in [-0.3, -0.25) is 9.59 Å². The highest BCUT2D eigenvalue weighted by Crippen LogP contribution is 2.20. The van der Waals surface area contributed by atoms with E-state index in [2.05, 4.69) is 9.71 Å². The van der Waals surface area contributed by atoms with Crippen LogP contribution in [0.1, 0.15) is 30.6 Å². The predicted molar refractivity (Wildman–Crippen MR) is 116 cm³/mol. The quantitative estimate of drug-likeness (QED) is 0.367. The summed E-state index contributed by atoms with van der Waals surface area (Å²) in [6.07, 6.45) is 0.388. The number of H-pyrrole nitrogens is 1. The molecule has 0 aliphatic heterocycles. The molecule has 0 fully saturated rings. The summed E-state index contributed by atoms with van der Waals surface area (Å²) < 4.78 is 37.5. The first kappa shape index (κ1) is 22.5. The van der Waals surface area contributed by atoms with Gasteiger partial charge in [-0.1, -0.05) is 18.2 Å². The lowest BCUT2D eigenvalue weighted by Crippen LogP contribution is -2.29. The van der Waals surface area contributed by atoms with Gasteiger partial charge in [0.15, 0.2) is 6.10 Å². The maximum absolute atomic E-state index is 12.6. The first-order chi connectivity index (χ1) is 14.8. The Morgan fingerprint density at radius 3 is 2.52 bits per heavy atom. The molecule has 1 unspecified atom stereocenters. The molecule has 3 rings (SSSR count). The molecule has 1 aromatic heterocycles. The van der Waals surface area contributed by atoms with Gasteiger partial charge in [-0.2, -0.15) is 0 Å². The zero-order valence-corrected chi connectivity index (χ0v) is 18.1. The SMILES string of the molecule is CCOc1ccc(S(=O)(=O)NCCC(=O)OC(C)C(=O)c2c[nH]c3ccccc23)cc1. The van der Waals surface area contributed by atoms with Gasteiger partial charge in [0.1, 0.15) is 5.75 Å². The number of aromatic amines is 1. The third kappa shape index (κ3) is 5.50. The van der Waals surface area contributed by atoms with Crippen molar-refractivity contribution < 1.29 is 27.5 Å². The summed E-state index contributed by atoms with van der Waals surface area (Å²) >= 11 is 0. The fourth-order valence-corrected chi connectivity index (χ4v) is 4.09. The summed E-state index contributed by atoms with van der Waals surface area (Å²) in [5.41, 5.74) is 1.25. The maximum atomic E-state index is 12.6. The van der Waals surface area contributed by atoms with E-state index < -0.39 is 22.1 Å². The molecule has 0 saturated carbocycles. The van der Waals surface area contributed by atoms with E-state index in [4.69, 9.17) is 9.47 Å². The lowest BCUT2D eigenvalue weighted by molar-refractivity contribution is -0.146. The monoisotopic (exact) mass is 444 g/mol. The van der Waals surface area contributed by atoms with Gasteiger partial charge in [0.05, 0.1) is 17.9 Å². The Morgan fingerprint density at radius 1 is 1.10 bits per heavy atom. The second-order valence-corrected chi connectivity index (χ2v) is 8.56. The Hall–Kier alpha value is -3.17. The van der Waals surface area contributed by atoms with Crippen molar-refractivity contribution in [3.63, 3.8) is 0 Å². The number of ketones is 1. The number of fused-ring (bicyclic) bond motifs is 1. The highest BCUT2D eigenvalue weighted by atomic mass is 32.2. The van der Waals surface area contributed by atoms with E-state index in [1.807, 2.05) is 31.2 Å². The number of hydrogen-bond acceptors (Lipinski definition) is 6. The fourth-order valence-electron chi connectivity index (χ4n) is 3.06. The first-order valence-electron chi connectivity index (χ1n) is 9.84. The number of esters is 1. The van der Waals surface area contributed by atoms with Crippen LogP contribution in [0.15, 0.2) is 59.6 Å². The normalized spacial score (nSPS) is 12.5. The van der Waals surface area contributed by atoms with Crippen LogP contribution in [0.5, 0.6) is 5.75 Å². The number of hydrogen-bond donors (Lipinski definition) is 2. The highest BCUT2D eigenvalue weighted by Gasteiger charge is 2.22. The summed E-state index contributed by atoms with van der Waals surface area (Å²) in [4.78, 5) is 27.8. The van der Waals surface area contributed by atoms with Crippen LogP contribution in [0.3, 0.4) is 0 Å². The fraction of sp³-hybridized carbons (Fsp3) is 0.273. The number of Topliss-reactive ketones (excluding diaryl/α,β-unsaturated/α-hetero) is 1. The van der Waals surface area contributed by atoms with E-state index in [0.717, 1.165) is 10.9 Å². The number of ether oxygens (including phenoxy) is 2. The van der Waals surface area contributed by atoms with Gasteiger partial charge in [-0.05, 0) is 44.2 Å². The van der Waals surface area contributed by atoms with Crippen molar-refractivity contribution in [3.05, 3.63) is 60.3 Å². The molecule has 31 heavy (non-hydrogen) atoms. The second kappa shape index (κ2) is 9.76. The van der Waals surface area contributed by atoms with Crippen molar-refractivity contribution in [1.82, 2.24) is 9.71 Å². The molecule has 0 saturated heterocycles. The van der Waals surface area contributed by atoms with Crippen LogP contribution in [0.4, 0.5) is 0 Å². The molecule has 8 nitrogen and oxygen atoms in total. The van der Waals surface area contributed by atoms with Crippen LogP contribution in [0.2, 0.25) is 0 Å². The molecule has 9 heteroatoms. The Bertz CT molecular complexity index is 1170. The zero-order valence-electron chi connectivity index (χ0n) is 17.3. The van der Waals surface area contributed by atoms with Gasteiger partial charge in [-0.25, -0.2) is 13.1 Å². The number of rotatable bonds is 10. The third-order valence-electron chi connectivity index (χ3n) is 4.60. The van der Waals surface area contributed by atoms with Crippen molar-refractivity contribution in [2.24, 2.45) is 0 Å². The van der Waals surface area contributed by atoms with Gasteiger partial charge >= 0.3 is 5.97 Å². The van der Waals surface area contributed by atoms with Crippen LogP contribution < -0.4 is 9.46 Å². The van der Waals surface area contributed by atoms with Crippen LogP contribution in [-0.2, 0) is 19.6 Å². The molecule has 3 aromatic rings. The Labute approximate surface area is 180 Å². The summed E-state index contributed by atoms with van der Waals surface area (Å²) in [6.45, 7) is 3.66. The average molecular weight is 445 g/mol. The third-order valence-corrected chi connectivity index (χ3v) is 6.08. The predicted octanol–water partition coefficient (Wildman–Crippen LogP) is 3.05. The topological polar surface area (TPSA) is 115 Å². The van der Waals surface area contributed by atoms with Crippen molar-refractivity contribution in [2.75, 3.05) is 13.2 Å². The average Bonchev–Trinajstić information content (AvgIpc) is 3.18. The van der Waals surface area contributed by atoms with Gasteiger partial charge < -0.3 is 14.5 Å². The lowest BCUT2D eigenvalue weighted by atomic mass is 10.1.